The third kappa shape index (κ3) is 5.28. The van der Waals surface area contributed by atoms with Crippen molar-refractivity contribution in [2.45, 2.75) is 12.3 Å². The molecule has 0 aromatic heterocycles. The summed E-state index contributed by atoms with van der Waals surface area (Å²) in [7, 11) is 1.65. The summed E-state index contributed by atoms with van der Waals surface area (Å²) in [5.74, 6) is 2.07. The lowest BCUT2D eigenvalue weighted by molar-refractivity contribution is -0.118. The van der Waals surface area contributed by atoms with Gasteiger partial charge in [-0.15, -0.1) is 11.8 Å². The van der Waals surface area contributed by atoms with Gasteiger partial charge in [0, 0.05) is 17.3 Å². The van der Waals surface area contributed by atoms with Crippen LogP contribution in [0.5, 0.6) is 5.75 Å². The maximum absolute atomic E-state index is 11.8. The highest BCUT2D eigenvalue weighted by molar-refractivity contribution is 7.99. The first-order valence-electron chi connectivity index (χ1n) is 6.90. The van der Waals surface area contributed by atoms with E-state index in [-0.39, 0.29) is 5.91 Å². The fourth-order valence-corrected chi connectivity index (χ4v) is 2.89. The molecular formula is C17H18ClNO2S. The Hall–Kier alpha value is -1.65. The molecule has 5 heteroatoms. The van der Waals surface area contributed by atoms with Gasteiger partial charge >= 0.3 is 0 Å². The van der Waals surface area contributed by atoms with Crippen LogP contribution in [0.1, 0.15) is 11.1 Å². The number of ether oxygens (including phenoxy) is 1. The van der Waals surface area contributed by atoms with Crippen molar-refractivity contribution in [2.75, 3.05) is 12.9 Å². The lowest BCUT2D eigenvalue weighted by Crippen LogP contribution is -2.24. The summed E-state index contributed by atoms with van der Waals surface area (Å²) in [5, 5.41) is 3.55. The SMILES string of the molecule is COc1ccc(CSCC(=O)NCc2ccccc2Cl)cc1. The summed E-state index contributed by atoms with van der Waals surface area (Å²) >= 11 is 7.63. The van der Waals surface area contributed by atoms with E-state index in [0.29, 0.717) is 17.3 Å². The Bertz CT molecular complexity index is 616. The second-order valence-corrected chi connectivity index (χ2v) is 6.10. The minimum Gasteiger partial charge on any atom is -0.497 e. The summed E-state index contributed by atoms with van der Waals surface area (Å²) in [6, 6.07) is 15.4. The van der Waals surface area contributed by atoms with Crippen LogP contribution in [-0.2, 0) is 17.1 Å². The second kappa shape index (κ2) is 8.71. The summed E-state index contributed by atoms with van der Waals surface area (Å²) in [4.78, 5) is 11.8. The third-order valence-corrected chi connectivity index (χ3v) is 4.47. The van der Waals surface area contributed by atoms with Crippen LogP contribution in [-0.4, -0.2) is 18.8 Å². The molecule has 0 aliphatic carbocycles. The average Bonchev–Trinajstić information content (AvgIpc) is 2.55. The Morgan fingerprint density at radius 3 is 2.59 bits per heavy atom. The molecular weight excluding hydrogens is 318 g/mol. The van der Waals surface area contributed by atoms with Gasteiger partial charge in [0.1, 0.15) is 5.75 Å². The molecule has 0 saturated heterocycles. The van der Waals surface area contributed by atoms with E-state index < -0.39 is 0 Å². The van der Waals surface area contributed by atoms with Gasteiger partial charge in [-0.2, -0.15) is 0 Å². The number of hydrogen-bond donors (Lipinski definition) is 1. The second-order valence-electron chi connectivity index (χ2n) is 4.71. The number of thioether (sulfide) groups is 1. The fraction of sp³-hybridized carbons (Fsp3) is 0.235. The fourth-order valence-electron chi connectivity index (χ4n) is 1.87. The van der Waals surface area contributed by atoms with Gasteiger partial charge in [0.15, 0.2) is 0 Å². The first kappa shape index (κ1) is 16.7. The van der Waals surface area contributed by atoms with Gasteiger partial charge in [0.05, 0.1) is 12.9 Å². The number of rotatable bonds is 7. The van der Waals surface area contributed by atoms with Gasteiger partial charge in [-0.1, -0.05) is 41.9 Å². The average molecular weight is 336 g/mol. The molecule has 2 aromatic carbocycles. The molecule has 0 atom stereocenters. The molecule has 2 rings (SSSR count). The molecule has 0 bridgehead atoms. The molecule has 0 heterocycles. The van der Waals surface area contributed by atoms with E-state index in [2.05, 4.69) is 5.32 Å². The van der Waals surface area contributed by atoms with E-state index >= 15 is 0 Å². The minimum absolute atomic E-state index is 0.0124. The van der Waals surface area contributed by atoms with Gasteiger partial charge < -0.3 is 10.1 Å². The molecule has 22 heavy (non-hydrogen) atoms. The Morgan fingerprint density at radius 1 is 1.18 bits per heavy atom. The molecule has 0 saturated carbocycles. The summed E-state index contributed by atoms with van der Waals surface area (Å²) < 4.78 is 5.11. The van der Waals surface area contributed by atoms with Crippen molar-refractivity contribution in [1.82, 2.24) is 5.32 Å². The van der Waals surface area contributed by atoms with Crippen LogP contribution < -0.4 is 10.1 Å². The number of amides is 1. The zero-order valence-corrected chi connectivity index (χ0v) is 13.9. The number of carbonyl (C=O) groups excluding carboxylic acids is 1. The van der Waals surface area contributed by atoms with Crippen molar-refractivity contribution < 1.29 is 9.53 Å². The normalized spacial score (nSPS) is 10.3. The molecule has 1 amide bonds. The molecule has 0 fully saturated rings. The number of carbonyl (C=O) groups is 1. The molecule has 0 spiro atoms. The van der Waals surface area contributed by atoms with Gasteiger partial charge in [0.25, 0.3) is 0 Å². The van der Waals surface area contributed by atoms with E-state index in [9.17, 15) is 4.79 Å². The molecule has 0 radical (unpaired) electrons. The maximum Gasteiger partial charge on any atom is 0.230 e. The molecule has 116 valence electrons. The van der Waals surface area contributed by atoms with Crippen molar-refractivity contribution in [3.8, 4) is 5.75 Å². The molecule has 1 N–H and O–H groups in total. The summed E-state index contributed by atoms with van der Waals surface area (Å²) in [5.41, 5.74) is 2.10. The van der Waals surface area contributed by atoms with Crippen molar-refractivity contribution in [3.63, 3.8) is 0 Å². The number of benzene rings is 2. The molecule has 0 aliphatic heterocycles. The third-order valence-electron chi connectivity index (χ3n) is 3.09. The van der Waals surface area contributed by atoms with E-state index in [1.807, 2.05) is 48.5 Å². The van der Waals surface area contributed by atoms with E-state index in [1.54, 1.807) is 18.9 Å². The standard InChI is InChI=1S/C17H18ClNO2S/c1-21-15-8-6-13(7-9-15)11-22-12-17(20)19-10-14-4-2-3-5-16(14)18/h2-9H,10-12H2,1H3,(H,19,20). The van der Waals surface area contributed by atoms with E-state index in [1.165, 1.54) is 5.56 Å². The lowest BCUT2D eigenvalue weighted by Gasteiger charge is -2.07. The van der Waals surface area contributed by atoms with Gasteiger partial charge in [-0.05, 0) is 29.3 Å². The number of hydrogen-bond acceptors (Lipinski definition) is 3. The molecule has 0 aliphatic rings. The topological polar surface area (TPSA) is 38.3 Å². The minimum atomic E-state index is 0.0124. The van der Waals surface area contributed by atoms with Crippen molar-refractivity contribution in [3.05, 3.63) is 64.7 Å². The van der Waals surface area contributed by atoms with Crippen molar-refractivity contribution in [1.29, 1.82) is 0 Å². The molecule has 3 nitrogen and oxygen atoms in total. The maximum atomic E-state index is 11.8. The largest absolute Gasteiger partial charge is 0.497 e. The summed E-state index contributed by atoms with van der Waals surface area (Å²) in [6.07, 6.45) is 0. The molecule has 0 unspecified atom stereocenters. The van der Waals surface area contributed by atoms with Gasteiger partial charge in [0.2, 0.25) is 5.91 Å². The van der Waals surface area contributed by atoms with Crippen LogP contribution in [0, 0.1) is 0 Å². The first-order valence-corrected chi connectivity index (χ1v) is 8.43. The number of nitrogens with one attached hydrogen (secondary N) is 1. The lowest BCUT2D eigenvalue weighted by atomic mass is 10.2. The van der Waals surface area contributed by atoms with Crippen LogP contribution in [0.4, 0.5) is 0 Å². The predicted molar refractivity (Wildman–Crippen MR) is 92.5 cm³/mol. The number of halogens is 1. The summed E-state index contributed by atoms with van der Waals surface area (Å²) in [6.45, 7) is 0.460. The Labute approximate surface area is 140 Å². The van der Waals surface area contributed by atoms with Crippen LogP contribution in [0.15, 0.2) is 48.5 Å². The zero-order chi connectivity index (χ0) is 15.8. The van der Waals surface area contributed by atoms with Crippen LogP contribution in [0.2, 0.25) is 5.02 Å². The highest BCUT2D eigenvalue weighted by Gasteiger charge is 2.04. The van der Waals surface area contributed by atoms with Crippen LogP contribution in [0.3, 0.4) is 0 Å². The van der Waals surface area contributed by atoms with Gasteiger partial charge in [-0.3, -0.25) is 4.79 Å². The smallest absolute Gasteiger partial charge is 0.230 e. The Morgan fingerprint density at radius 2 is 1.91 bits per heavy atom. The number of methoxy groups -OCH3 is 1. The zero-order valence-electron chi connectivity index (χ0n) is 12.3. The predicted octanol–water partition coefficient (Wildman–Crippen LogP) is 3.90. The Balaban J connectivity index is 1.70. The quantitative estimate of drug-likeness (QED) is 0.834. The first-order chi connectivity index (χ1) is 10.7. The highest BCUT2D eigenvalue weighted by atomic mass is 35.5. The van der Waals surface area contributed by atoms with Crippen LogP contribution in [0.25, 0.3) is 0 Å². The highest BCUT2D eigenvalue weighted by Crippen LogP contribution is 2.17. The molecule has 2 aromatic rings. The monoisotopic (exact) mass is 335 g/mol. The van der Waals surface area contributed by atoms with E-state index in [4.69, 9.17) is 16.3 Å². The van der Waals surface area contributed by atoms with E-state index in [0.717, 1.165) is 17.1 Å². The van der Waals surface area contributed by atoms with Gasteiger partial charge in [-0.25, -0.2) is 0 Å². The van der Waals surface area contributed by atoms with Crippen molar-refractivity contribution in [2.24, 2.45) is 0 Å². The Kier molecular flexibility index (Phi) is 6.62. The van der Waals surface area contributed by atoms with Crippen LogP contribution >= 0.6 is 23.4 Å². The van der Waals surface area contributed by atoms with Crippen molar-refractivity contribution >= 4 is 29.3 Å².